The largest absolute Gasteiger partial charge is 0.489 e. The number of benzene rings is 1. The molecule has 0 spiro atoms. The Morgan fingerprint density at radius 1 is 1.35 bits per heavy atom. The molecule has 1 aliphatic rings. The van der Waals surface area contributed by atoms with Crippen LogP contribution in [0.5, 0.6) is 11.5 Å². The van der Waals surface area contributed by atoms with Crippen molar-refractivity contribution < 1.29 is 14.6 Å². The fraction of sp³-hybridized carbons (Fsp3) is 0.538. The van der Waals surface area contributed by atoms with Gasteiger partial charge in [-0.25, -0.2) is 0 Å². The highest BCUT2D eigenvalue weighted by molar-refractivity contribution is 6.31. The number of fused-ring (bicyclic) bond motifs is 1. The fourth-order valence-corrected chi connectivity index (χ4v) is 2.37. The minimum Gasteiger partial charge on any atom is -0.489 e. The maximum atomic E-state index is 8.89. The first kappa shape index (κ1) is 12.5. The Morgan fingerprint density at radius 3 is 2.88 bits per heavy atom. The van der Waals surface area contributed by atoms with Crippen LogP contribution in [0.1, 0.15) is 24.0 Å². The van der Waals surface area contributed by atoms with Crippen LogP contribution in [0, 0.1) is 6.92 Å². The third kappa shape index (κ3) is 2.67. The molecular formula is C13H17ClO3. The normalized spacial score (nSPS) is 14.5. The van der Waals surface area contributed by atoms with E-state index in [-0.39, 0.29) is 6.61 Å². The summed E-state index contributed by atoms with van der Waals surface area (Å²) in [6.45, 7) is 3.50. The minimum atomic E-state index is 0.171. The van der Waals surface area contributed by atoms with Crippen molar-refractivity contribution in [3.05, 3.63) is 22.2 Å². The highest BCUT2D eigenvalue weighted by Crippen LogP contribution is 2.39. The van der Waals surface area contributed by atoms with Gasteiger partial charge in [-0.1, -0.05) is 11.6 Å². The lowest BCUT2D eigenvalue weighted by atomic mass is 10.0. The van der Waals surface area contributed by atoms with E-state index in [2.05, 4.69) is 0 Å². The summed E-state index contributed by atoms with van der Waals surface area (Å²) in [5.74, 6) is 1.54. The van der Waals surface area contributed by atoms with Crippen LogP contribution < -0.4 is 9.47 Å². The summed E-state index contributed by atoms with van der Waals surface area (Å²) in [5.41, 5.74) is 2.08. The van der Waals surface area contributed by atoms with Crippen molar-refractivity contribution in [1.82, 2.24) is 0 Å². The molecule has 17 heavy (non-hydrogen) atoms. The summed E-state index contributed by atoms with van der Waals surface area (Å²) in [7, 11) is 0. The predicted molar refractivity (Wildman–Crippen MR) is 67.2 cm³/mol. The zero-order valence-electron chi connectivity index (χ0n) is 9.96. The SMILES string of the molecule is Cc1c(CCCO)c(Cl)cc2c1OCCCO2. The molecule has 1 N–H and O–H groups in total. The Bertz CT molecular complexity index is 404. The summed E-state index contributed by atoms with van der Waals surface area (Å²) in [5, 5.41) is 9.59. The van der Waals surface area contributed by atoms with Crippen LogP contribution >= 0.6 is 11.6 Å². The summed E-state index contributed by atoms with van der Waals surface area (Å²) >= 11 is 6.24. The van der Waals surface area contributed by atoms with Gasteiger partial charge in [0.2, 0.25) is 0 Å². The summed E-state index contributed by atoms with van der Waals surface area (Å²) in [4.78, 5) is 0. The quantitative estimate of drug-likeness (QED) is 0.904. The first-order valence-electron chi connectivity index (χ1n) is 5.92. The van der Waals surface area contributed by atoms with E-state index in [1.807, 2.05) is 13.0 Å². The van der Waals surface area contributed by atoms with Crippen molar-refractivity contribution in [2.24, 2.45) is 0 Å². The van der Waals surface area contributed by atoms with Gasteiger partial charge in [0.1, 0.15) is 0 Å². The number of aliphatic hydroxyl groups is 1. The summed E-state index contributed by atoms with van der Waals surface area (Å²) in [6, 6.07) is 1.82. The third-order valence-corrected chi connectivity index (χ3v) is 3.28. The number of hydrogen-bond acceptors (Lipinski definition) is 3. The average molecular weight is 257 g/mol. The van der Waals surface area contributed by atoms with E-state index in [0.717, 1.165) is 35.5 Å². The molecule has 0 bridgehead atoms. The van der Waals surface area contributed by atoms with E-state index in [1.165, 1.54) is 0 Å². The maximum absolute atomic E-state index is 8.89. The van der Waals surface area contributed by atoms with Crippen LogP contribution in [-0.4, -0.2) is 24.9 Å². The Hall–Kier alpha value is -0.930. The minimum absolute atomic E-state index is 0.171. The molecule has 0 aliphatic carbocycles. The first-order chi connectivity index (χ1) is 8.24. The molecule has 3 nitrogen and oxygen atoms in total. The van der Waals surface area contributed by atoms with Crippen molar-refractivity contribution in [2.45, 2.75) is 26.2 Å². The highest BCUT2D eigenvalue weighted by atomic mass is 35.5. The number of aliphatic hydroxyl groups excluding tert-OH is 1. The molecule has 2 rings (SSSR count). The van der Waals surface area contributed by atoms with Gasteiger partial charge < -0.3 is 14.6 Å². The maximum Gasteiger partial charge on any atom is 0.164 e. The van der Waals surface area contributed by atoms with Gasteiger partial charge in [0, 0.05) is 24.1 Å². The molecule has 0 saturated heterocycles. The van der Waals surface area contributed by atoms with E-state index in [0.29, 0.717) is 24.7 Å². The molecule has 0 unspecified atom stereocenters. The Morgan fingerprint density at radius 2 is 2.12 bits per heavy atom. The van der Waals surface area contributed by atoms with E-state index in [1.54, 1.807) is 0 Å². The standard InChI is InChI=1S/C13H17ClO3/c1-9-10(4-2-5-15)11(14)8-12-13(9)17-7-3-6-16-12/h8,15H,2-7H2,1H3. The molecule has 0 atom stereocenters. The third-order valence-electron chi connectivity index (χ3n) is 2.94. The molecule has 1 heterocycles. The lowest BCUT2D eigenvalue weighted by Gasteiger charge is -2.15. The number of halogens is 1. The van der Waals surface area contributed by atoms with Crippen molar-refractivity contribution in [2.75, 3.05) is 19.8 Å². The van der Waals surface area contributed by atoms with Gasteiger partial charge in [-0.2, -0.15) is 0 Å². The van der Waals surface area contributed by atoms with Crippen LogP contribution in [0.3, 0.4) is 0 Å². The molecule has 1 aromatic carbocycles. The first-order valence-corrected chi connectivity index (χ1v) is 6.30. The monoisotopic (exact) mass is 256 g/mol. The number of rotatable bonds is 3. The van der Waals surface area contributed by atoms with E-state index < -0.39 is 0 Å². The van der Waals surface area contributed by atoms with Crippen LogP contribution in [0.15, 0.2) is 6.07 Å². The van der Waals surface area contributed by atoms with Crippen molar-refractivity contribution >= 4 is 11.6 Å². The zero-order chi connectivity index (χ0) is 12.3. The Labute approximate surface area is 106 Å². The Kier molecular flexibility index (Phi) is 4.13. The molecule has 94 valence electrons. The van der Waals surface area contributed by atoms with Gasteiger partial charge in [-0.3, -0.25) is 0 Å². The van der Waals surface area contributed by atoms with Gasteiger partial charge in [0.15, 0.2) is 11.5 Å². The molecule has 0 radical (unpaired) electrons. The molecule has 0 saturated carbocycles. The predicted octanol–water partition coefficient (Wildman–Crippen LogP) is 2.73. The lowest BCUT2D eigenvalue weighted by Crippen LogP contribution is -2.00. The Balaban J connectivity index is 2.37. The van der Waals surface area contributed by atoms with Crippen LogP contribution in [-0.2, 0) is 6.42 Å². The second kappa shape index (κ2) is 5.61. The lowest BCUT2D eigenvalue weighted by molar-refractivity contribution is 0.288. The highest BCUT2D eigenvalue weighted by Gasteiger charge is 2.18. The average Bonchev–Trinajstić information content (AvgIpc) is 2.54. The van der Waals surface area contributed by atoms with Crippen LogP contribution in [0.4, 0.5) is 0 Å². The topological polar surface area (TPSA) is 38.7 Å². The van der Waals surface area contributed by atoms with E-state index in [9.17, 15) is 0 Å². The molecule has 0 aromatic heterocycles. The molecule has 0 fully saturated rings. The van der Waals surface area contributed by atoms with Crippen molar-refractivity contribution in [1.29, 1.82) is 0 Å². The number of ether oxygens (including phenoxy) is 2. The van der Waals surface area contributed by atoms with Gasteiger partial charge >= 0.3 is 0 Å². The molecule has 0 amide bonds. The summed E-state index contributed by atoms with van der Waals surface area (Å²) in [6.07, 6.45) is 2.36. The molecule has 4 heteroatoms. The van der Waals surface area contributed by atoms with Crippen molar-refractivity contribution in [3.8, 4) is 11.5 Å². The van der Waals surface area contributed by atoms with Gasteiger partial charge in [-0.15, -0.1) is 0 Å². The van der Waals surface area contributed by atoms with E-state index in [4.69, 9.17) is 26.2 Å². The molecular weight excluding hydrogens is 240 g/mol. The van der Waals surface area contributed by atoms with E-state index >= 15 is 0 Å². The smallest absolute Gasteiger partial charge is 0.164 e. The zero-order valence-corrected chi connectivity index (χ0v) is 10.7. The molecule has 1 aromatic rings. The van der Waals surface area contributed by atoms with Crippen LogP contribution in [0.25, 0.3) is 0 Å². The van der Waals surface area contributed by atoms with Crippen LogP contribution in [0.2, 0.25) is 5.02 Å². The second-order valence-electron chi connectivity index (χ2n) is 4.17. The van der Waals surface area contributed by atoms with Gasteiger partial charge in [0.05, 0.1) is 13.2 Å². The second-order valence-corrected chi connectivity index (χ2v) is 4.57. The number of hydrogen-bond donors (Lipinski definition) is 1. The summed E-state index contributed by atoms with van der Waals surface area (Å²) < 4.78 is 11.3. The fourth-order valence-electron chi connectivity index (χ4n) is 2.03. The van der Waals surface area contributed by atoms with Gasteiger partial charge in [0.25, 0.3) is 0 Å². The van der Waals surface area contributed by atoms with Gasteiger partial charge in [-0.05, 0) is 30.9 Å². The van der Waals surface area contributed by atoms with Crippen molar-refractivity contribution in [3.63, 3.8) is 0 Å². The molecule has 1 aliphatic heterocycles.